The Morgan fingerprint density at radius 1 is 1.16 bits per heavy atom. The number of amides is 4. The lowest BCUT2D eigenvalue weighted by atomic mass is 10.2. The lowest BCUT2D eigenvalue weighted by molar-refractivity contribution is -0.127. The summed E-state index contributed by atoms with van der Waals surface area (Å²) in [5, 5.41) is 4.59. The Morgan fingerprint density at radius 3 is 2.40 bits per heavy atom. The summed E-state index contributed by atoms with van der Waals surface area (Å²) in [6, 6.07) is 5.57. The number of rotatable bonds is 7. The molecule has 0 fully saturated rings. The minimum absolute atomic E-state index is 0.0259. The van der Waals surface area contributed by atoms with E-state index in [1.165, 1.54) is 24.8 Å². The quantitative estimate of drug-likeness (QED) is 0.488. The maximum Gasteiger partial charge on any atom is 0.340 e. The predicted molar refractivity (Wildman–Crippen MR) is 93.0 cm³/mol. The number of esters is 1. The third kappa shape index (κ3) is 7.25. The molecule has 136 valence electrons. The first-order chi connectivity index (χ1) is 11.7. The molecule has 25 heavy (non-hydrogen) atoms. The van der Waals surface area contributed by atoms with Crippen LogP contribution in [-0.4, -0.2) is 41.7 Å². The van der Waals surface area contributed by atoms with Gasteiger partial charge < -0.3 is 15.8 Å². The number of benzene rings is 1. The Kier molecular flexibility index (Phi) is 7.93. The normalized spacial score (nSPS) is 11.5. The molecule has 9 heteroatoms. The molecule has 0 saturated carbocycles. The molecule has 0 saturated heterocycles. The number of hydrogen-bond donors (Lipinski definition) is 3. The molecule has 4 N–H and O–H groups in total. The molecule has 0 aliphatic heterocycles. The van der Waals surface area contributed by atoms with E-state index in [1.54, 1.807) is 18.2 Å². The summed E-state index contributed by atoms with van der Waals surface area (Å²) in [5.41, 5.74) is 5.07. The summed E-state index contributed by atoms with van der Waals surface area (Å²) in [6.45, 7) is 5.03. The first-order valence-corrected chi connectivity index (χ1v) is 8.51. The second kappa shape index (κ2) is 9.67. The van der Waals surface area contributed by atoms with Crippen LogP contribution >= 0.6 is 11.8 Å². The van der Waals surface area contributed by atoms with Crippen LogP contribution in [0.1, 0.15) is 31.1 Å². The lowest BCUT2D eigenvalue weighted by Gasteiger charge is -2.14. The maximum absolute atomic E-state index is 12.3. The number of thioether (sulfide) groups is 1. The first kappa shape index (κ1) is 20.5. The Labute approximate surface area is 149 Å². The number of ether oxygens (including phenoxy) is 1. The Balaban J connectivity index is 2.74. The molecule has 0 aliphatic carbocycles. The standard InChI is InChI=1S/C16H21N3O5S/c1-9(2)18-13(20)8-25-12-7-5-4-6-11(12)15(22)24-10(3)14(21)19-16(17)23/h4-7,9-10H,8H2,1-3H3,(H,18,20)(H3,17,19,21,23). The topological polar surface area (TPSA) is 128 Å². The van der Waals surface area contributed by atoms with Gasteiger partial charge in [-0.1, -0.05) is 12.1 Å². The van der Waals surface area contributed by atoms with Crippen molar-refractivity contribution in [1.29, 1.82) is 0 Å². The molecule has 1 atom stereocenters. The van der Waals surface area contributed by atoms with Gasteiger partial charge in [0.25, 0.3) is 5.91 Å². The number of hydrogen-bond acceptors (Lipinski definition) is 6. The highest BCUT2D eigenvalue weighted by molar-refractivity contribution is 8.00. The fourth-order valence-corrected chi connectivity index (χ4v) is 2.62. The average Bonchev–Trinajstić information content (AvgIpc) is 2.51. The minimum Gasteiger partial charge on any atom is -0.449 e. The second-order valence-corrected chi connectivity index (χ2v) is 6.43. The van der Waals surface area contributed by atoms with Gasteiger partial charge in [-0.2, -0.15) is 0 Å². The first-order valence-electron chi connectivity index (χ1n) is 7.53. The van der Waals surface area contributed by atoms with Gasteiger partial charge in [-0.3, -0.25) is 14.9 Å². The van der Waals surface area contributed by atoms with Crippen molar-refractivity contribution in [2.75, 3.05) is 5.75 Å². The van der Waals surface area contributed by atoms with Crippen molar-refractivity contribution in [3.63, 3.8) is 0 Å². The number of carbonyl (C=O) groups is 4. The summed E-state index contributed by atoms with van der Waals surface area (Å²) in [5.74, 6) is -1.57. The highest BCUT2D eigenvalue weighted by Crippen LogP contribution is 2.23. The molecule has 0 spiro atoms. The summed E-state index contributed by atoms with van der Waals surface area (Å²) >= 11 is 1.18. The van der Waals surface area contributed by atoms with Gasteiger partial charge in [0.1, 0.15) is 0 Å². The molecule has 0 radical (unpaired) electrons. The molecule has 0 heterocycles. The smallest absolute Gasteiger partial charge is 0.340 e. The van der Waals surface area contributed by atoms with E-state index >= 15 is 0 Å². The molecule has 0 bridgehead atoms. The minimum atomic E-state index is -1.19. The van der Waals surface area contributed by atoms with Gasteiger partial charge in [-0.05, 0) is 32.9 Å². The van der Waals surface area contributed by atoms with Crippen LogP contribution in [0.4, 0.5) is 4.79 Å². The molecular weight excluding hydrogens is 346 g/mol. The van der Waals surface area contributed by atoms with E-state index in [-0.39, 0.29) is 23.3 Å². The van der Waals surface area contributed by atoms with E-state index in [0.29, 0.717) is 4.90 Å². The molecule has 1 aromatic carbocycles. The molecule has 1 unspecified atom stereocenters. The third-order valence-electron chi connectivity index (χ3n) is 2.81. The molecule has 8 nitrogen and oxygen atoms in total. The van der Waals surface area contributed by atoms with Gasteiger partial charge in [0, 0.05) is 10.9 Å². The van der Waals surface area contributed by atoms with Crippen molar-refractivity contribution in [1.82, 2.24) is 10.6 Å². The summed E-state index contributed by atoms with van der Waals surface area (Å²) in [6.07, 6.45) is -1.19. The Morgan fingerprint density at radius 2 is 1.80 bits per heavy atom. The zero-order valence-electron chi connectivity index (χ0n) is 14.2. The fraction of sp³-hybridized carbons (Fsp3) is 0.375. The predicted octanol–water partition coefficient (Wildman–Crippen LogP) is 1.04. The van der Waals surface area contributed by atoms with Crippen molar-refractivity contribution in [3.05, 3.63) is 29.8 Å². The van der Waals surface area contributed by atoms with Crippen LogP contribution in [0.2, 0.25) is 0 Å². The highest BCUT2D eigenvalue weighted by atomic mass is 32.2. The molecule has 4 amide bonds. The molecule has 0 aromatic heterocycles. The van der Waals surface area contributed by atoms with E-state index in [9.17, 15) is 19.2 Å². The number of nitrogens with two attached hydrogens (primary N) is 1. The fourth-order valence-electron chi connectivity index (χ4n) is 1.77. The van der Waals surface area contributed by atoms with Gasteiger partial charge in [-0.25, -0.2) is 9.59 Å². The van der Waals surface area contributed by atoms with E-state index in [2.05, 4.69) is 5.32 Å². The Bertz CT molecular complexity index is 663. The largest absolute Gasteiger partial charge is 0.449 e. The molecule has 0 aliphatic rings. The van der Waals surface area contributed by atoms with Crippen molar-refractivity contribution in [2.45, 2.75) is 37.8 Å². The van der Waals surface area contributed by atoms with E-state index < -0.39 is 24.0 Å². The van der Waals surface area contributed by atoms with Gasteiger partial charge in [-0.15, -0.1) is 11.8 Å². The van der Waals surface area contributed by atoms with Gasteiger partial charge >= 0.3 is 12.0 Å². The van der Waals surface area contributed by atoms with Crippen LogP contribution in [0.15, 0.2) is 29.2 Å². The van der Waals surface area contributed by atoms with Gasteiger partial charge in [0.15, 0.2) is 6.10 Å². The van der Waals surface area contributed by atoms with Crippen LogP contribution < -0.4 is 16.4 Å². The highest BCUT2D eigenvalue weighted by Gasteiger charge is 2.22. The van der Waals surface area contributed by atoms with Crippen LogP contribution in [0.25, 0.3) is 0 Å². The lowest BCUT2D eigenvalue weighted by Crippen LogP contribution is -2.42. The number of imide groups is 1. The zero-order chi connectivity index (χ0) is 19.0. The van der Waals surface area contributed by atoms with Crippen molar-refractivity contribution in [3.8, 4) is 0 Å². The number of primary amides is 1. The zero-order valence-corrected chi connectivity index (χ0v) is 15.0. The van der Waals surface area contributed by atoms with Crippen LogP contribution in [0.3, 0.4) is 0 Å². The van der Waals surface area contributed by atoms with Crippen molar-refractivity contribution in [2.24, 2.45) is 5.73 Å². The van der Waals surface area contributed by atoms with Crippen LogP contribution in [-0.2, 0) is 14.3 Å². The average molecular weight is 367 g/mol. The maximum atomic E-state index is 12.3. The number of urea groups is 1. The molecule has 1 aromatic rings. The summed E-state index contributed by atoms with van der Waals surface area (Å²) in [7, 11) is 0. The van der Waals surface area contributed by atoms with E-state index in [4.69, 9.17) is 10.5 Å². The van der Waals surface area contributed by atoms with Gasteiger partial charge in [0.05, 0.1) is 11.3 Å². The summed E-state index contributed by atoms with van der Waals surface area (Å²) < 4.78 is 5.04. The molecule has 1 rings (SSSR count). The van der Waals surface area contributed by atoms with E-state index in [0.717, 1.165) is 0 Å². The van der Waals surface area contributed by atoms with Crippen LogP contribution in [0.5, 0.6) is 0 Å². The van der Waals surface area contributed by atoms with Crippen molar-refractivity contribution >= 4 is 35.6 Å². The van der Waals surface area contributed by atoms with E-state index in [1.807, 2.05) is 19.2 Å². The number of nitrogens with one attached hydrogen (secondary N) is 2. The number of carbonyl (C=O) groups excluding carboxylic acids is 4. The second-order valence-electron chi connectivity index (χ2n) is 5.41. The Hall–Kier alpha value is -2.55. The van der Waals surface area contributed by atoms with Crippen LogP contribution in [0, 0.1) is 0 Å². The SMILES string of the molecule is CC(C)NC(=O)CSc1ccccc1C(=O)OC(C)C(=O)NC(N)=O. The molecular formula is C16H21N3O5S. The third-order valence-corrected chi connectivity index (χ3v) is 3.89. The van der Waals surface area contributed by atoms with Gasteiger partial charge in [0.2, 0.25) is 5.91 Å². The van der Waals surface area contributed by atoms with Crippen molar-refractivity contribution < 1.29 is 23.9 Å². The monoisotopic (exact) mass is 367 g/mol. The summed E-state index contributed by atoms with van der Waals surface area (Å²) in [4.78, 5) is 46.8.